The Morgan fingerprint density at radius 1 is 1.10 bits per heavy atom. The Balaban J connectivity index is 2.05. The van der Waals surface area contributed by atoms with Crippen molar-refractivity contribution in [1.29, 1.82) is 0 Å². The van der Waals surface area contributed by atoms with E-state index in [2.05, 4.69) is 16.7 Å². The molecule has 108 valence electrons. The lowest BCUT2D eigenvalue weighted by atomic mass is 10.1. The minimum absolute atomic E-state index is 0.241. The largest absolute Gasteiger partial charge is 0.332 e. The first-order valence-corrected chi connectivity index (χ1v) is 7.19. The van der Waals surface area contributed by atoms with Crippen LogP contribution in [-0.2, 0) is 0 Å². The Kier molecular flexibility index (Phi) is 4.94. The molecule has 3 nitrogen and oxygen atoms in total. The number of halogens is 1. The van der Waals surface area contributed by atoms with Crippen LogP contribution in [-0.4, -0.2) is 11.0 Å². The number of amides is 1. The highest BCUT2D eigenvalue weighted by molar-refractivity contribution is 7.80. The second-order valence-corrected chi connectivity index (χ2v) is 5.58. The van der Waals surface area contributed by atoms with Gasteiger partial charge in [-0.05, 0) is 61.5 Å². The summed E-state index contributed by atoms with van der Waals surface area (Å²) in [6.45, 7) is 4.01. The van der Waals surface area contributed by atoms with Gasteiger partial charge < -0.3 is 5.32 Å². The number of thiocarbonyl (C=S) groups is 1. The number of rotatable bonds is 2. The first-order valence-electron chi connectivity index (χ1n) is 6.41. The molecule has 0 fully saturated rings. The summed E-state index contributed by atoms with van der Waals surface area (Å²) in [4.78, 5) is 12.1. The minimum atomic E-state index is -0.331. The average Bonchev–Trinajstić information content (AvgIpc) is 2.37. The molecule has 5 heteroatoms. The molecule has 0 atom stereocenters. The van der Waals surface area contributed by atoms with Crippen molar-refractivity contribution in [3.05, 3.63) is 64.2 Å². The number of hydrogen-bond donors (Lipinski definition) is 2. The van der Waals surface area contributed by atoms with Crippen LogP contribution in [0.2, 0.25) is 5.02 Å². The molecule has 2 rings (SSSR count). The molecule has 2 N–H and O–H groups in total. The zero-order chi connectivity index (χ0) is 15.4. The van der Waals surface area contributed by atoms with Crippen LogP contribution < -0.4 is 10.6 Å². The molecule has 0 bridgehead atoms. The highest BCUT2D eigenvalue weighted by atomic mass is 35.5. The van der Waals surface area contributed by atoms with Crippen LogP contribution in [0.4, 0.5) is 5.69 Å². The fraction of sp³-hybridized carbons (Fsp3) is 0.125. The molecule has 0 unspecified atom stereocenters. The molecule has 0 aromatic heterocycles. The number of carbonyl (C=O) groups is 1. The van der Waals surface area contributed by atoms with Crippen molar-refractivity contribution in [2.75, 3.05) is 5.32 Å². The number of aryl methyl sites for hydroxylation is 2. The zero-order valence-corrected chi connectivity index (χ0v) is 13.3. The van der Waals surface area contributed by atoms with E-state index in [0.717, 1.165) is 16.8 Å². The maximum absolute atomic E-state index is 12.1. The quantitative estimate of drug-likeness (QED) is 0.820. The number of benzene rings is 2. The molecule has 0 aliphatic rings. The zero-order valence-electron chi connectivity index (χ0n) is 11.7. The van der Waals surface area contributed by atoms with E-state index in [4.69, 9.17) is 23.8 Å². The SMILES string of the molecule is Cc1cc(C)cc(NC(=S)NC(=O)c2ccccc2Cl)c1. The summed E-state index contributed by atoms with van der Waals surface area (Å²) in [5.74, 6) is -0.331. The Labute approximate surface area is 134 Å². The van der Waals surface area contributed by atoms with Crippen molar-refractivity contribution in [2.24, 2.45) is 0 Å². The first-order chi connectivity index (χ1) is 9.95. The number of nitrogens with one attached hydrogen (secondary N) is 2. The second-order valence-electron chi connectivity index (χ2n) is 4.76. The maximum Gasteiger partial charge on any atom is 0.258 e. The minimum Gasteiger partial charge on any atom is -0.332 e. The summed E-state index contributed by atoms with van der Waals surface area (Å²) in [5, 5.41) is 6.25. The van der Waals surface area contributed by atoms with E-state index < -0.39 is 0 Å². The summed E-state index contributed by atoms with van der Waals surface area (Å²) in [6, 6.07) is 12.8. The molecule has 1 amide bonds. The summed E-state index contributed by atoms with van der Waals surface area (Å²) in [6.07, 6.45) is 0. The lowest BCUT2D eigenvalue weighted by Gasteiger charge is -2.11. The molecular weight excluding hydrogens is 304 g/mol. The standard InChI is InChI=1S/C16H15ClN2OS/c1-10-7-11(2)9-12(8-10)18-16(21)19-15(20)13-5-3-4-6-14(13)17/h3-9H,1-2H3,(H2,18,19,20,21). The molecule has 0 radical (unpaired) electrons. The van der Waals surface area contributed by atoms with Crippen LogP contribution in [0.15, 0.2) is 42.5 Å². The fourth-order valence-corrected chi connectivity index (χ4v) is 2.46. The van der Waals surface area contributed by atoms with Crippen LogP contribution in [0.25, 0.3) is 0 Å². The lowest BCUT2D eigenvalue weighted by Crippen LogP contribution is -2.34. The number of hydrogen-bond acceptors (Lipinski definition) is 2. The molecule has 2 aromatic carbocycles. The number of carbonyl (C=O) groups excluding carboxylic acids is 1. The van der Waals surface area contributed by atoms with Gasteiger partial charge in [-0.1, -0.05) is 29.8 Å². The lowest BCUT2D eigenvalue weighted by molar-refractivity contribution is 0.0978. The predicted molar refractivity (Wildman–Crippen MR) is 91.1 cm³/mol. The smallest absolute Gasteiger partial charge is 0.258 e. The van der Waals surface area contributed by atoms with Gasteiger partial charge in [0.25, 0.3) is 5.91 Å². The summed E-state index contributed by atoms with van der Waals surface area (Å²) in [7, 11) is 0. The molecule has 0 aliphatic carbocycles. The van der Waals surface area contributed by atoms with Crippen molar-refractivity contribution in [3.63, 3.8) is 0 Å². The van der Waals surface area contributed by atoms with Gasteiger partial charge in [-0.25, -0.2) is 0 Å². The van der Waals surface area contributed by atoms with Gasteiger partial charge in [-0.3, -0.25) is 10.1 Å². The third kappa shape index (κ3) is 4.28. The van der Waals surface area contributed by atoms with Crippen molar-refractivity contribution in [2.45, 2.75) is 13.8 Å². The summed E-state index contributed by atoms with van der Waals surface area (Å²) < 4.78 is 0. The molecule has 0 aliphatic heterocycles. The van der Waals surface area contributed by atoms with Gasteiger partial charge >= 0.3 is 0 Å². The highest BCUT2D eigenvalue weighted by Crippen LogP contribution is 2.15. The topological polar surface area (TPSA) is 41.1 Å². The molecule has 0 saturated carbocycles. The molecule has 0 saturated heterocycles. The Morgan fingerprint density at radius 2 is 1.71 bits per heavy atom. The van der Waals surface area contributed by atoms with Crippen LogP contribution in [0, 0.1) is 13.8 Å². The van der Waals surface area contributed by atoms with E-state index in [9.17, 15) is 4.79 Å². The summed E-state index contributed by atoms with van der Waals surface area (Å²) >= 11 is 11.1. The van der Waals surface area contributed by atoms with E-state index in [0.29, 0.717) is 10.6 Å². The first kappa shape index (κ1) is 15.5. The molecule has 2 aromatic rings. The van der Waals surface area contributed by atoms with E-state index in [-0.39, 0.29) is 11.0 Å². The third-order valence-corrected chi connectivity index (χ3v) is 3.36. The molecule has 21 heavy (non-hydrogen) atoms. The van der Waals surface area contributed by atoms with Crippen molar-refractivity contribution < 1.29 is 4.79 Å². The predicted octanol–water partition coefficient (Wildman–Crippen LogP) is 4.08. The van der Waals surface area contributed by atoms with E-state index in [1.165, 1.54) is 0 Å². The molecule has 0 spiro atoms. The average molecular weight is 319 g/mol. The van der Waals surface area contributed by atoms with Gasteiger partial charge in [-0.15, -0.1) is 0 Å². The Bertz CT molecular complexity index is 680. The summed E-state index contributed by atoms with van der Waals surface area (Å²) in [5.41, 5.74) is 3.48. The van der Waals surface area contributed by atoms with Gasteiger partial charge in [0.2, 0.25) is 0 Å². The third-order valence-electron chi connectivity index (χ3n) is 2.83. The fourth-order valence-electron chi connectivity index (χ4n) is 2.02. The van der Waals surface area contributed by atoms with Crippen molar-refractivity contribution in [1.82, 2.24) is 5.32 Å². The van der Waals surface area contributed by atoms with Gasteiger partial charge in [-0.2, -0.15) is 0 Å². The molecule has 0 heterocycles. The van der Waals surface area contributed by atoms with Gasteiger partial charge in [0.1, 0.15) is 0 Å². The highest BCUT2D eigenvalue weighted by Gasteiger charge is 2.11. The van der Waals surface area contributed by atoms with E-state index in [1.54, 1.807) is 24.3 Å². The van der Waals surface area contributed by atoms with Gasteiger partial charge in [0.05, 0.1) is 10.6 Å². The van der Waals surface area contributed by atoms with Crippen LogP contribution in [0.5, 0.6) is 0 Å². The maximum atomic E-state index is 12.1. The normalized spacial score (nSPS) is 10.0. The Morgan fingerprint density at radius 3 is 2.33 bits per heavy atom. The monoisotopic (exact) mass is 318 g/mol. The Hall–Kier alpha value is -1.91. The molecular formula is C16H15ClN2OS. The van der Waals surface area contributed by atoms with Crippen LogP contribution in [0.1, 0.15) is 21.5 Å². The van der Waals surface area contributed by atoms with Gasteiger partial charge in [0, 0.05) is 5.69 Å². The van der Waals surface area contributed by atoms with Crippen LogP contribution in [0.3, 0.4) is 0 Å². The van der Waals surface area contributed by atoms with Crippen molar-refractivity contribution >= 4 is 40.5 Å². The van der Waals surface area contributed by atoms with Crippen LogP contribution >= 0.6 is 23.8 Å². The van der Waals surface area contributed by atoms with Crippen molar-refractivity contribution in [3.8, 4) is 0 Å². The van der Waals surface area contributed by atoms with Gasteiger partial charge in [0.15, 0.2) is 5.11 Å². The van der Waals surface area contributed by atoms with E-state index in [1.807, 2.05) is 26.0 Å². The second kappa shape index (κ2) is 6.70. The number of anilines is 1. The van der Waals surface area contributed by atoms with E-state index >= 15 is 0 Å².